The molecule has 2 nitrogen and oxygen atoms in total. The zero-order valence-electron chi connectivity index (χ0n) is 11.1. The van der Waals surface area contributed by atoms with Crippen LogP contribution in [0.15, 0.2) is 12.1 Å². The van der Waals surface area contributed by atoms with Crippen molar-refractivity contribution in [1.29, 1.82) is 0 Å². The van der Waals surface area contributed by atoms with Crippen LogP contribution in [0, 0.1) is 6.92 Å². The predicted molar refractivity (Wildman–Crippen MR) is 81.4 cm³/mol. The smallest absolute Gasteiger partial charge is 0.314 e. The minimum atomic E-state index is -4.12. The van der Waals surface area contributed by atoms with Crippen molar-refractivity contribution in [3.63, 3.8) is 0 Å². The average molecular weight is 351 g/mol. The number of thiophene rings is 1. The van der Waals surface area contributed by atoms with Gasteiger partial charge >= 0.3 is 6.18 Å². The maximum Gasteiger partial charge on any atom is 0.390 e. The van der Waals surface area contributed by atoms with E-state index >= 15 is 0 Å². The number of nitrogens with one attached hydrogen (secondary N) is 1. The molecular formula is C12H19Cl2F3N2S. The highest BCUT2D eigenvalue weighted by Gasteiger charge is 2.36. The van der Waals surface area contributed by atoms with E-state index in [2.05, 4.69) is 5.32 Å². The molecule has 1 aromatic heterocycles. The molecule has 1 aliphatic heterocycles. The van der Waals surface area contributed by atoms with E-state index in [9.17, 15) is 13.2 Å². The van der Waals surface area contributed by atoms with Gasteiger partial charge in [-0.25, -0.2) is 0 Å². The number of rotatable bonds is 3. The van der Waals surface area contributed by atoms with Crippen molar-refractivity contribution in [3.05, 3.63) is 21.9 Å². The summed E-state index contributed by atoms with van der Waals surface area (Å²) in [6, 6.07) is 3.20. The van der Waals surface area contributed by atoms with E-state index in [0.29, 0.717) is 13.1 Å². The summed E-state index contributed by atoms with van der Waals surface area (Å²) in [4.78, 5) is 3.83. The first-order valence-corrected chi connectivity index (χ1v) is 6.85. The lowest BCUT2D eigenvalue weighted by molar-refractivity contribution is -0.148. The summed E-state index contributed by atoms with van der Waals surface area (Å²) in [5, 5.41) is 3.17. The molecule has 2 rings (SSSR count). The normalized spacial score (nSPS) is 18.0. The van der Waals surface area contributed by atoms with Crippen molar-refractivity contribution in [2.75, 3.05) is 26.2 Å². The van der Waals surface area contributed by atoms with Crippen LogP contribution in [-0.4, -0.2) is 37.3 Å². The van der Waals surface area contributed by atoms with Gasteiger partial charge in [0.15, 0.2) is 0 Å². The molecule has 20 heavy (non-hydrogen) atoms. The molecule has 0 aliphatic carbocycles. The molecule has 1 aliphatic rings. The Morgan fingerprint density at radius 2 is 1.85 bits per heavy atom. The zero-order valence-corrected chi connectivity index (χ0v) is 13.5. The van der Waals surface area contributed by atoms with Gasteiger partial charge in [0, 0.05) is 35.9 Å². The molecule has 0 aromatic carbocycles. The topological polar surface area (TPSA) is 15.3 Å². The minimum Gasteiger partial charge on any atom is -0.314 e. The molecule has 0 amide bonds. The first-order chi connectivity index (χ1) is 8.46. The number of hydrogen-bond donors (Lipinski definition) is 1. The Morgan fingerprint density at radius 3 is 2.30 bits per heavy atom. The number of halogens is 5. The SMILES string of the molecule is Cc1ccc([C@@H](CC(F)(F)F)N2CCNCC2)s1.Cl.Cl. The summed E-state index contributed by atoms with van der Waals surface area (Å²) in [5.74, 6) is 0. The lowest BCUT2D eigenvalue weighted by Gasteiger charge is -2.34. The van der Waals surface area contributed by atoms with Crippen molar-refractivity contribution >= 4 is 36.2 Å². The van der Waals surface area contributed by atoms with Crippen LogP contribution in [0.4, 0.5) is 13.2 Å². The van der Waals surface area contributed by atoms with E-state index in [1.54, 1.807) is 0 Å². The van der Waals surface area contributed by atoms with Crippen molar-refractivity contribution in [2.24, 2.45) is 0 Å². The molecule has 0 radical (unpaired) electrons. The monoisotopic (exact) mass is 350 g/mol. The standard InChI is InChI=1S/C12H17F3N2S.2ClH/c1-9-2-3-11(18-9)10(8-12(13,14)15)17-6-4-16-5-7-17;;/h2-3,10,16H,4-8H2,1H3;2*1H/t10-;;/m1../s1. The van der Waals surface area contributed by atoms with Gasteiger partial charge in [0.05, 0.1) is 12.5 Å². The zero-order chi connectivity index (χ0) is 13.2. The van der Waals surface area contributed by atoms with E-state index in [0.717, 1.165) is 22.8 Å². The first kappa shape index (κ1) is 20.0. The average Bonchev–Trinajstić information content (AvgIpc) is 2.73. The van der Waals surface area contributed by atoms with Crippen LogP contribution in [0.2, 0.25) is 0 Å². The number of piperazine rings is 1. The van der Waals surface area contributed by atoms with E-state index in [1.165, 1.54) is 11.3 Å². The van der Waals surface area contributed by atoms with Crippen LogP contribution in [0.3, 0.4) is 0 Å². The molecular weight excluding hydrogens is 332 g/mol. The number of hydrogen-bond acceptors (Lipinski definition) is 3. The second-order valence-electron chi connectivity index (χ2n) is 4.57. The van der Waals surface area contributed by atoms with Crippen molar-refractivity contribution in [1.82, 2.24) is 10.2 Å². The maximum atomic E-state index is 12.7. The highest BCUT2D eigenvalue weighted by molar-refractivity contribution is 7.12. The molecule has 118 valence electrons. The van der Waals surface area contributed by atoms with Gasteiger partial charge in [0.25, 0.3) is 0 Å². The minimum absolute atomic E-state index is 0. The van der Waals surface area contributed by atoms with Crippen LogP contribution >= 0.6 is 36.2 Å². The van der Waals surface area contributed by atoms with Gasteiger partial charge in [-0.1, -0.05) is 0 Å². The Labute approximate surface area is 133 Å². The van der Waals surface area contributed by atoms with Crippen LogP contribution in [-0.2, 0) is 0 Å². The number of aryl methyl sites for hydroxylation is 1. The molecule has 2 heterocycles. The molecule has 0 spiro atoms. The van der Waals surface area contributed by atoms with Gasteiger partial charge < -0.3 is 5.32 Å². The largest absolute Gasteiger partial charge is 0.390 e. The molecule has 8 heteroatoms. The molecule has 0 bridgehead atoms. The summed E-state index contributed by atoms with van der Waals surface area (Å²) in [5.41, 5.74) is 0. The highest BCUT2D eigenvalue weighted by Crippen LogP contribution is 2.36. The maximum absolute atomic E-state index is 12.7. The van der Waals surface area contributed by atoms with Gasteiger partial charge in [-0.15, -0.1) is 36.2 Å². The summed E-state index contributed by atoms with van der Waals surface area (Å²) < 4.78 is 38.1. The van der Waals surface area contributed by atoms with Gasteiger partial charge in [-0.2, -0.15) is 13.2 Å². The van der Waals surface area contributed by atoms with Crippen LogP contribution in [0.1, 0.15) is 22.2 Å². The third-order valence-electron chi connectivity index (χ3n) is 3.11. The number of nitrogens with zero attached hydrogens (tertiary/aromatic N) is 1. The molecule has 1 atom stereocenters. The summed E-state index contributed by atoms with van der Waals surface area (Å²) >= 11 is 1.47. The Hall–Kier alpha value is -0.0100. The molecule has 1 N–H and O–H groups in total. The molecule has 1 saturated heterocycles. The van der Waals surface area contributed by atoms with E-state index < -0.39 is 18.6 Å². The van der Waals surface area contributed by atoms with Crippen LogP contribution < -0.4 is 5.32 Å². The molecule has 1 fully saturated rings. The Kier molecular flexibility index (Phi) is 8.43. The third-order valence-corrected chi connectivity index (χ3v) is 4.21. The van der Waals surface area contributed by atoms with Gasteiger partial charge in [-0.05, 0) is 19.1 Å². The fraction of sp³-hybridized carbons (Fsp3) is 0.667. The van der Waals surface area contributed by atoms with E-state index in [1.807, 2.05) is 24.0 Å². The Morgan fingerprint density at radius 1 is 1.25 bits per heavy atom. The fourth-order valence-corrected chi connectivity index (χ4v) is 3.27. The van der Waals surface area contributed by atoms with Crippen molar-refractivity contribution in [2.45, 2.75) is 25.6 Å². The van der Waals surface area contributed by atoms with E-state index in [-0.39, 0.29) is 24.8 Å². The van der Waals surface area contributed by atoms with Crippen molar-refractivity contribution < 1.29 is 13.2 Å². The van der Waals surface area contributed by atoms with Gasteiger partial charge in [-0.3, -0.25) is 4.90 Å². The van der Waals surface area contributed by atoms with Gasteiger partial charge in [0.2, 0.25) is 0 Å². The highest BCUT2D eigenvalue weighted by atomic mass is 35.5. The Balaban J connectivity index is 0.00000180. The summed E-state index contributed by atoms with van der Waals surface area (Å²) in [6.07, 6.45) is -4.87. The van der Waals surface area contributed by atoms with Crippen LogP contribution in [0.5, 0.6) is 0 Å². The number of alkyl halides is 3. The summed E-state index contributed by atoms with van der Waals surface area (Å²) in [7, 11) is 0. The van der Waals surface area contributed by atoms with E-state index in [4.69, 9.17) is 0 Å². The molecule has 0 saturated carbocycles. The Bertz CT molecular complexity index is 392. The molecule has 0 unspecified atom stereocenters. The van der Waals surface area contributed by atoms with Crippen molar-refractivity contribution in [3.8, 4) is 0 Å². The summed E-state index contributed by atoms with van der Waals surface area (Å²) in [6.45, 7) is 4.81. The van der Waals surface area contributed by atoms with Gasteiger partial charge in [0.1, 0.15) is 0 Å². The first-order valence-electron chi connectivity index (χ1n) is 6.03. The third kappa shape index (κ3) is 5.77. The lowest BCUT2D eigenvalue weighted by Crippen LogP contribution is -2.45. The predicted octanol–water partition coefficient (Wildman–Crippen LogP) is 3.80. The second-order valence-corrected chi connectivity index (χ2v) is 5.89. The second kappa shape index (κ2) is 8.44. The van der Waals surface area contributed by atoms with Crippen LogP contribution in [0.25, 0.3) is 0 Å². The molecule has 1 aromatic rings. The quantitative estimate of drug-likeness (QED) is 0.891. The fourth-order valence-electron chi connectivity index (χ4n) is 2.26. The lowest BCUT2D eigenvalue weighted by atomic mass is 10.1.